The number of hydrogen-bond donors (Lipinski definition) is 0. The third-order valence-corrected chi connectivity index (χ3v) is 7.14. The standard InChI is InChI=1S/C27H29F2N5/c1-31(2)13-21-16-32(17-24(21)29)23-7-8-25-20(11-23)15-33-14-19(18-3-5-22(28)6-4-18)12-26(33)27-30-9-10-34(25)27/h3-5,7-12,14,21-22,24H,6,13,15-17H2,1-2H3/t21-,22?,24+/m1/s1. The molecule has 34 heavy (non-hydrogen) atoms. The van der Waals surface area contributed by atoms with Crippen molar-refractivity contribution >= 4 is 11.3 Å². The minimum Gasteiger partial charge on any atom is -0.368 e. The summed E-state index contributed by atoms with van der Waals surface area (Å²) in [5.41, 5.74) is 6.47. The topological polar surface area (TPSA) is 29.2 Å². The molecule has 1 saturated heterocycles. The number of halogens is 2. The van der Waals surface area contributed by atoms with Crippen molar-refractivity contribution in [1.82, 2.24) is 19.0 Å². The first-order valence-electron chi connectivity index (χ1n) is 11.9. The Morgan fingerprint density at radius 2 is 2.03 bits per heavy atom. The predicted molar refractivity (Wildman–Crippen MR) is 132 cm³/mol. The van der Waals surface area contributed by atoms with Crippen LogP contribution in [0.1, 0.15) is 17.5 Å². The van der Waals surface area contributed by atoms with Gasteiger partial charge in [-0.3, -0.25) is 4.57 Å². The number of hydrogen-bond acceptors (Lipinski definition) is 3. The first kappa shape index (κ1) is 21.4. The molecule has 2 aromatic heterocycles. The van der Waals surface area contributed by atoms with E-state index in [-0.39, 0.29) is 5.92 Å². The first-order chi connectivity index (χ1) is 16.5. The molecule has 3 aromatic rings. The Labute approximate surface area is 198 Å². The number of alkyl halides is 2. The van der Waals surface area contributed by atoms with Gasteiger partial charge in [0.25, 0.3) is 0 Å². The SMILES string of the molecule is CN(C)C[C@@H]1CN(c2ccc3c(c2)Cn2cc(C4=CCC(F)C=C4)cc2-c2nccn2-3)C[C@@H]1F. The summed E-state index contributed by atoms with van der Waals surface area (Å²) >= 11 is 0. The molecule has 0 bridgehead atoms. The molecule has 0 radical (unpaired) electrons. The van der Waals surface area contributed by atoms with Crippen LogP contribution in [0, 0.1) is 5.92 Å². The summed E-state index contributed by atoms with van der Waals surface area (Å²) in [6.45, 7) is 2.61. The van der Waals surface area contributed by atoms with Crippen LogP contribution in [0.5, 0.6) is 0 Å². The van der Waals surface area contributed by atoms with Gasteiger partial charge in [-0.2, -0.15) is 0 Å². The van der Waals surface area contributed by atoms with E-state index in [0.29, 0.717) is 19.5 Å². The van der Waals surface area contributed by atoms with Gasteiger partial charge in [0, 0.05) is 62.8 Å². The number of benzene rings is 1. The van der Waals surface area contributed by atoms with Gasteiger partial charge in [0.1, 0.15) is 12.3 Å². The van der Waals surface area contributed by atoms with E-state index in [4.69, 9.17) is 0 Å². The lowest BCUT2D eigenvalue weighted by atomic mass is 10.0. The molecule has 3 aliphatic rings. The maximum absolute atomic E-state index is 14.7. The molecule has 0 spiro atoms. The minimum absolute atomic E-state index is 0.0217. The quantitative estimate of drug-likeness (QED) is 0.441. The normalized spacial score (nSPS) is 23.5. The molecule has 1 aromatic carbocycles. The number of nitrogens with zero attached hydrogens (tertiary/aromatic N) is 5. The monoisotopic (exact) mass is 461 g/mol. The van der Waals surface area contributed by atoms with Crippen LogP contribution in [0.15, 0.2) is 61.1 Å². The number of aromatic nitrogens is 3. The fourth-order valence-electron chi connectivity index (χ4n) is 5.48. The molecule has 1 fully saturated rings. The highest BCUT2D eigenvalue weighted by Crippen LogP contribution is 2.36. The maximum Gasteiger partial charge on any atom is 0.161 e. The highest BCUT2D eigenvalue weighted by Gasteiger charge is 2.33. The molecular formula is C27H29F2N5. The van der Waals surface area contributed by atoms with Gasteiger partial charge >= 0.3 is 0 Å². The fourth-order valence-corrected chi connectivity index (χ4v) is 5.48. The molecule has 0 N–H and O–H groups in total. The lowest BCUT2D eigenvalue weighted by molar-refractivity contribution is 0.231. The molecule has 7 heteroatoms. The second-order valence-electron chi connectivity index (χ2n) is 9.89. The zero-order valence-corrected chi connectivity index (χ0v) is 19.5. The van der Waals surface area contributed by atoms with E-state index in [1.165, 1.54) is 5.56 Å². The number of allylic oxidation sites excluding steroid dienone is 4. The summed E-state index contributed by atoms with van der Waals surface area (Å²) < 4.78 is 32.6. The van der Waals surface area contributed by atoms with Gasteiger partial charge < -0.3 is 14.4 Å². The summed E-state index contributed by atoms with van der Waals surface area (Å²) in [5, 5.41) is 0. The molecule has 1 aliphatic carbocycles. The summed E-state index contributed by atoms with van der Waals surface area (Å²) in [6.07, 6.45) is 10.1. The van der Waals surface area contributed by atoms with Crippen molar-refractivity contribution in [3.63, 3.8) is 0 Å². The minimum atomic E-state index is -0.903. The average Bonchev–Trinajstić information content (AvgIpc) is 3.52. The Kier molecular flexibility index (Phi) is 5.17. The summed E-state index contributed by atoms with van der Waals surface area (Å²) in [4.78, 5) is 8.89. The molecular weight excluding hydrogens is 432 g/mol. The zero-order valence-electron chi connectivity index (χ0n) is 19.5. The van der Waals surface area contributed by atoms with Crippen LogP contribution in [-0.4, -0.2) is 65.1 Å². The fraction of sp³-hybridized carbons (Fsp3) is 0.370. The summed E-state index contributed by atoms with van der Waals surface area (Å²) in [7, 11) is 4.00. The third-order valence-electron chi connectivity index (χ3n) is 7.14. The van der Waals surface area contributed by atoms with E-state index < -0.39 is 12.3 Å². The van der Waals surface area contributed by atoms with Gasteiger partial charge in [0.2, 0.25) is 0 Å². The second-order valence-corrected chi connectivity index (χ2v) is 9.89. The van der Waals surface area contributed by atoms with Crippen LogP contribution in [-0.2, 0) is 6.54 Å². The molecule has 3 atom stereocenters. The Morgan fingerprint density at radius 1 is 1.15 bits per heavy atom. The van der Waals surface area contributed by atoms with E-state index in [9.17, 15) is 8.78 Å². The van der Waals surface area contributed by atoms with Crippen LogP contribution in [0.2, 0.25) is 0 Å². The van der Waals surface area contributed by atoms with Gasteiger partial charge in [0.15, 0.2) is 5.82 Å². The average molecular weight is 462 g/mol. The lowest BCUT2D eigenvalue weighted by Gasteiger charge is -2.21. The van der Waals surface area contributed by atoms with Gasteiger partial charge in [0.05, 0.1) is 11.4 Å². The van der Waals surface area contributed by atoms with Gasteiger partial charge in [-0.25, -0.2) is 13.8 Å². The molecule has 4 heterocycles. The molecule has 1 unspecified atom stereocenters. The number of fused-ring (bicyclic) bond motifs is 5. The van der Waals surface area contributed by atoms with Gasteiger partial charge in [-0.05, 0) is 61.1 Å². The Balaban J connectivity index is 1.35. The van der Waals surface area contributed by atoms with Crippen molar-refractivity contribution in [1.29, 1.82) is 0 Å². The molecule has 2 aliphatic heterocycles. The van der Waals surface area contributed by atoms with E-state index in [1.54, 1.807) is 6.08 Å². The van der Waals surface area contributed by atoms with Crippen LogP contribution in [0.4, 0.5) is 14.5 Å². The van der Waals surface area contributed by atoms with Crippen molar-refractivity contribution in [3.05, 3.63) is 72.2 Å². The van der Waals surface area contributed by atoms with Crippen molar-refractivity contribution in [2.45, 2.75) is 25.3 Å². The van der Waals surface area contributed by atoms with Crippen molar-refractivity contribution in [2.75, 3.05) is 38.6 Å². The third kappa shape index (κ3) is 3.68. The molecule has 5 nitrogen and oxygen atoms in total. The Hall–Kier alpha value is -3.19. The number of imidazole rings is 1. The predicted octanol–water partition coefficient (Wildman–Crippen LogP) is 4.72. The van der Waals surface area contributed by atoms with E-state index in [0.717, 1.165) is 47.1 Å². The van der Waals surface area contributed by atoms with Crippen LogP contribution in [0.25, 0.3) is 22.8 Å². The van der Waals surface area contributed by atoms with E-state index in [2.05, 4.69) is 54.4 Å². The van der Waals surface area contributed by atoms with Crippen LogP contribution >= 0.6 is 0 Å². The summed E-state index contributed by atoms with van der Waals surface area (Å²) in [6, 6.07) is 8.57. The van der Waals surface area contributed by atoms with E-state index in [1.807, 2.05) is 38.6 Å². The van der Waals surface area contributed by atoms with E-state index >= 15 is 0 Å². The van der Waals surface area contributed by atoms with Crippen molar-refractivity contribution in [2.24, 2.45) is 5.92 Å². The van der Waals surface area contributed by atoms with Crippen molar-refractivity contribution in [3.8, 4) is 17.2 Å². The van der Waals surface area contributed by atoms with Crippen molar-refractivity contribution < 1.29 is 8.78 Å². The first-order valence-corrected chi connectivity index (χ1v) is 11.9. The van der Waals surface area contributed by atoms with Gasteiger partial charge in [-0.1, -0.05) is 12.2 Å². The molecule has 0 amide bonds. The second kappa shape index (κ2) is 8.24. The number of anilines is 1. The molecule has 176 valence electrons. The zero-order chi connectivity index (χ0) is 23.4. The maximum atomic E-state index is 14.7. The smallest absolute Gasteiger partial charge is 0.161 e. The highest BCUT2D eigenvalue weighted by molar-refractivity contribution is 5.78. The molecule has 6 rings (SSSR count). The highest BCUT2D eigenvalue weighted by atomic mass is 19.1. The largest absolute Gasteiger partial charge is 0.368 e. The lowest BCUT2D eigenvalue weighted by Crippen LogP contribution is -2.28. The summed E-state index contributed by atoms with van der Waals surface area (Å²) in [5.74, 6) is 0.908. The van der Waals surface area contributed by atoms with Gasteiger partial charge in [-0.15, -0.1) is 0 Å². The Bertz CT molecular complexity index is 1280. The van der Waals surface area contributed by atoms with Crippen LogP contribution < -0.4 is 4.90 Å². The van der Waals surface area contributed by atoms with Crippen LogP contribution in [0.3, 0.4) is 0 Å². The Morgan fingerprint density at radius 3 is 2.82 bits per heavy atom. The molecule has 0 saturated carbocycles. The number of rotatable bonds is 4.